The molecule has 14 heavy (non-hydrogen) atoms. The summed E-state index contributed by atoms with van der Waals surface area (Å²) in [5.41, 5.74) is 3.16. The van der Waals surface area contributed by atoms with Gasteiger partial charge in [-0.05, 0) is 40.4 Å². The van der Waals surface area contributed by atoms with E-state index in [0.717, 1.165) is 0 Å². The van der Waals surface area contributed by atoms with E-state index in [1.165, 1.54) is 22.6 Å². The minimum atomic E-state index is 0.697. The molecule has 0 aromatic carbocycles. The van der Waals surface area contributed by atoms with E-state index in [2.05, 4.69) is 29.8 Å². The Kier molecular flexibility index (Phi) is 1.99. The van der Waals surface area contributed by atoms with Gasteiger partial charge in [-0.2, -0.15) is 0 Å². The fraction of sp³-hybridized carbons (Fsp3) is 0.333. The van der Waals surface area contributed by atoms with Crippen LogP contribution in [0.5, 0.6) is 0 Å². The third-order valence-corrected chi connectivity index (χ3v) is 4.95. The number of hydrogen-bond donors (Lipinski definition) is 0. The van der Waals surface area contributed by atoms with Crippen LogP contribution in [-0.2, 0) is 0 Å². The predicted octanol–water partition coefficient (Wildman–Crippen LogP) is 4.72. The van der Waals surface area contributed by atoms with Crippen LogP contribution in [-0.4, -0.2) is 0 Å². The molecule has 2 aromatic heterocycles. The lowest BCUT2D eigenvalue weighted by atomic mass is 9.95. The molecule has 0 unspecified atom stereocenters. The zero-order valence-corrected chi connectivity index (χ0v) is 9.75. The highest BCUT2D eigenvalue weighted by Gasteiger charge is 2.29. The molecular formula is C12H12S2. The van der Waals surface area contributed by atoms with Crippen LogP contribution in [0.4, 0.5) is 0 Å². The Morgan fingerprint density at radius 1 is 1.07 bits per heavy atom. The molecule has 2 heteroatoms. The maximum Gasteiger partial charge on any atom is 0.0483 e. The SMILES string of the molecule is CCCC1c2ccsc2-c2sccc21. The minimum absolute atomic E-state index is 0.697. The summed E-state index contributed by atoms with van der Waals surface area (Å²) < 4.78 is 0. The molecule has 2 heterocycles. The van der Waals surface area contributed by atoms with Gasteiger partial charge in [-0.1, -0.05) is 13.3 Å². The fourth-order valence-corrected chi connectivity index (χ4v) is 4.46. The predicted molar refractivity (Wildman–Crippen MR) is 64.4 cm³/mol. The largest absolute Gasteiger partial charge is 0.143 e. The van der Waals surface area contributed by atoms with Gasteiger partial charge < -0.3 is 0 Å². The molecule has 1 aliphatic rings. The third kappa shape index (κ3) is 1.04. The molecule has 1 aliphatic carbocycles. The Labute approximate surface area is 92.2 Å². The van der Waals surface area contributed by atoms with Gasteiger partial charge in [0, 0.05) is 15.7 Å². The lowest BCUT2D eigenvalue weighted by Crippen LogP contribution is -1.93. The van der Waals surface area contributed by atoms with Crippen molar-refractivity contribution in [3.63, 3.8) is 0 Å². The summed E-state index contributed by atoms with van der Waals surface area (Å²) in [4.78, 5) is 3.07. The number of thiophene rings is 2. The van der Waals surface area contributed by atoms with E-state index in [9.17, 15) is 0 Å². The van der Waals surface area contributed by atoms with Crippen LogP contribution in [0.1, 0.15) is 36.8 Å². The van der Waals surface area contributed by atoms with Gasteiger partial charge in [0.25, 0.3) is 0 Å². The van der Waals surface area contributed by atoms with Crippen LogP contribution >= 0.6 is 22.7 Å². The smallest absolute Gasteiger partial charge is 0.0483 e. The monoisotopic (exact) mass is 220 g/mol. The van der Waals surface area contributed by atoms with E-state index in [4.69, 9.17) is 0 Å². The van der Waals surface area contributed by atoms with Crippen LogP contribution < -0.4 is 0 Å². The van der Waals surface area contributed by atoms with Crippen molar-refractivity contribution < 1.29 is 0 Å². The number of hydrogen-bond acceptors (Lipinski definition) is 2. The summed E-state index contributed by atoms with van der Waals surface area (Å²) in [6, 6.07) is 4.63. The first-order chi connectivity index (χ1) is 6.92. The van der Waals surface area contributed by atoms with E-state index in [-0.39, 0.29) is 0 Å². The molecule has 72 valence electrons. The van der Waals surface area contributed by atoms with Gasteiger partial charge >= 0.3 is 0 Å². The highest BCUT2D eigenvalue weighted by molar-refractivity contribution is 7.20. The zero-order chi connectivity index (χ0) is 9.54. The fourth-order valence-electron chi connectivity index (χ4n) is 2.32. The molecule has 0 aliphatic heterocycles. The Balaban J connectivity index is 2.17. The van der Waals surface area contributed by atoms with Crippen molar-refractivity contribution in [3.8, 4) is 9.75 Å². The van der Waals surface area contributed by atoms with Crippen LogP contribution in [0.25, 0.3) is 9.75 Å². The van der Waals surface area contributed by atoms with E-state index in [0.29, 0.717) is 5.92 Å². The van der Waals surface area contributed by atoms with Gasteiger partial charge in [0.05, 0.1) is 0 Å². The van der Waals surface area contributed by atoms with E-state index < -0.39 is 0 Å². The molecule has 0 saturated heterocycles. The summed E-state index contributed by atoms with van der Waals surface area (Å²) in [7, 11) is 0. The van der Waals surface area contributed by atoms with Gasteiger partial charge in [0.2, 0.25) is 0 Å². The molecular weight excluding hydrogens is 208 g/mol. The molecule has 0 nitrogen and oxygen atoms in total. The summed E-state index contributed by atoms with van der Waals surface area (Å²) >= 11 is 3.80. The van der Waals surface area contributed by atoms with Crippen molar-refractivity contribution in [2.75, 3.05) is 0 Å². The van der Waals surface area contributed by atoms with Gasteiger partial charge in [-0.25, -0.2) is 0 Å². The van der Waals surface area contributed by atoms with Crippen molar-refractivity contribution in [3.05, 3.63) is 34.0 Å². The average molecular weight is 220 g/mol. The number of fused-ring (bicyclic) bond motifs is 3. The van der Waals surface area contributed by atoms with Gasteiger partial charge in [0.15, 0.2) is 0 Å². The minimum Gasteiger partial charge on any atom is -0.143 e. The maximum atomic E-state index is 2.31. The molecule has 0 saturated carbocycles. The quantitative estimate of drug-likeness (QED) is 0.687. The highest BCUT2D eigenvalue weighted by Crippen LogP contribution is 2.51. The van der Waals surface area contributed by atoms with E-state index >= 15 is 0 Å². The normalized spacial score (nSPS) is 14.4. The van der Waals surface area contributed by atoms with E-state index in [1.54, 1.807) is 11.1 Å². The summed E-state index contributed by atoms with van der Waals surface area (Å²) in [5, 5.41) is 4.46. The van der Waals surface area contributed by atoms with E-state index in [1.807, 2.05) is 22.7 Å². The molecule has 0 atom stereocenters. The number of rotatable bonds is 2. The van der Waals surface area contributed by atoms with Crippen LogP contribution in [0.3, 0.4) is 0 Å². The molecule has 0 fully saturated rings. The van der Waals surface area contributed by atoms with Crippen LogP contribution in [0.15, 0.2) is 22.9 Å². The van der Waals surface area contributed by atoms with Crippen molar-refractivity contribution in [2.45, 2.75) is 25.7 Å². The van der Waals surface area contributed by atoms with Gasteiger partial charge in [-0.15, -0.1) is 22.7 Å². The maximum absolute atomic E-state index is 2.31. The second-order valence-corrected chi connectivity index (χ2v) is 5.58. The standard InChI is InChI=1S/C12H12S2/c1-2-3-8-9-4-6-13-11(9)12-10(8)5-7-14-12/h4-8H,2-3H2,1H3. The van der Waals surface area contributed by atoms with Gasteiger partial charge in [-0.3, -0.25) is 0 Å². The first-order valence-corrected chi connectivity index (χ1v) is 6.83. The second-order valence-electron chi connectivity index (χ2n) is 3.75. The van der Waals surface area contributed by atoms with Crippen molar-refractivity contribution in [1.82, 2.24) is 0 Å². The Morgan fingerprint density at radius 2 is 1.64 bits per heavy atom. The Bertz CT molecular complexity index is 410. The Hall–Kier alpha value is -0.600. The summed E-state index contributed by atoms with van der Waals surface area (Å²) in [5.74, 6) is 0.697. The molecule has 0 radical (unpaired) electrons. The third-order valence-electron chi connectivity index (χ3n) is 2.93. The van der Waals surface area contributed by atoms with Gasteiger partial charge in [0.1, 0.15) is 0 Å². The summed E-state index contributed by atoms with van der Waals surface area (Å²) in [6.45, 7) is 2.27. The first kappa shape index (κ1) is 8.69. The highest BCUT2D eigenvalue weighted by atomic mass is 32.1. The zero-order valence-electron chi connectivity index (χ0n) is 8.12. The van der Waals surface area contributed by atoms with Crippen LogP contribution in [0.2, 0.25) is 0 Å². The molecule has 0 amide bonds. The van der Waals surface area contributed by atoms with Crippen LogP contribution in [0, 0.1) is 0 Å². The Morgan fingerprint density at radius 3 is 2.14 bits per heavy atom. The molecule has 0 spiro atoms. The second kappa shape index (κ2) is 3.21. The first-order valence-electron chi connectivity index (χ1n) is 5.07. The summed E-state index contributed by atoms with van der Waals surface area (Å²) in [6.07, 6.45) is 2.57. The lowest BCUT2D eigenvalue weighted by molar-refractivity contribution is 0.713. The van der Waals surface area contributed by atoms with Crippen molar-refractivity contribution >= 4 is 22.7 Å². The molecule has 3 rings (SSSR count). The van der Waals surface area contributed by atoms with Crippen molar-refractivity contribution in [2.24, 2.45) is 0 Å². The molecule has 2 aromatic rings. The lowest BCUT2D eigenvalue weighted by Gasteiger charge is -2.08. The molecule has 0 bridgehead atoms. The average Bonchev–Trinajstić information content (AvgIpc) is 2.83. The van der Waals surface area contributed by atoms with Crippen molar-refractivity contribution in [1.29, 1.82) is 0 Å². The topological polar surface area (TPSA) is 0 Å². The molecule has 0 N–H and O–H groups in total.